The van der Waals surface area contributed by atoms with E-state index in [1.54, 1.807) is 4.90 Å². The number of carbonyl (C=O) groups excluding carboxylic acids is 1. The number of carbonyl (C=O) groups is 1. The molecule has 1 amide bonds. The Morgan fingerprint density at radius 3 is 2.59 bits per heavy atom. The van der Waals surface area contributed by atoms with E-state index in [1.807, 2.05) is 7.05 Å². The molecular formula is C13H17ClF3N3OS. The number of hydrogen-bond donors (Lipinski definition) is 1. The molecular weight excluding hydrogens is 339 g/mol. The van der Waals surface area contributed by atoms with Crippen molar-refractivity contribution in [3.63, 3.8) is 0 Å². The van der Waals surface area contributed by atoms with Crippen molar-refractivity contribution in [1.82, 2.24) is 15.2 Å². The highest BCUT2D eigenvalue weighted by Crippen LogP contribution is 2.37. The Bertz CT molecular complexity index is 508. The van der Waals surface area contributed by atoms with E-state index in [0.717, 1.165) is 12.8 Å². The van der Waals surface area contributed by atoms with Gasteiger partial charge in [-0.05, 0) is 32.0 Å². The second kappa shape index (κ2) is 8.03. The lowest BCUT2D eigenvalue weighted by Crippen LogP contribution is -2.44. The van der Waals surface area contributed by atoms with Crippen molar-refractivity contribution < 1.29 is 18.0 Å². The maximum atomic E-state index is 12.5. The Kier molecular flexibility index (Phi) is 6.96. The normalized spacial score (nSPS) is 16.3. The lowest BCUT2D eigenvalue weighted by molar-refractivity contribution is -0.0329. The van der Waals surface area contributed by atoms with Crippen LogP contribution in [0.25, 0.3) is 0 Å². The molecule has 0 radical (unpaired) electrons. The molecule has 2 rings (SSSR count). The lowest BCUT2D eigenvalue weighted by Gasteiger charge is -2.32. The summed E-state index contributed by atoms with van der Waals surface area (Å²) in [6.07, 6.45) is 2.85. The highest BCUT2D eigenvalue weighted by Gasteiger charge is 2.33. The van der Waals surface area contributed by atoms with Crippen LogP contribution in [-0.4, -0.2) is 47.5 Å². The fraction of sp³-hybridized carbons (Fsp3) is 0.538. The number of nitrogens with zero attached hydrogens (tertiary/aromatic N) is 2. The van der Waals surface area contributed by atoms with Crippen molar-refractivity contribution in [2.75, 3.05) is 20.1 Å². The summed E-state index contributed by atoms with van der Waals surface area (Å²) in [5.74, 6) is -0.385. The van der Waals surface area contributed by atoms with Crippen LogP contribution in [-0.2, 0) is 0 Å². The molecule has 1 aromatic heterocycles. The van der Waals surface area contributed by atoms with E-state index in [-0.39, 0.29) is 40.7 Å². The van der Waals surface area contributed by atoms with Gasteiger partial charge in [-0.3, -0.25) is 4.79 Å². The number of thioether (sulfide) groups is 1. The molecule has 1 N–H and O–H groups in total. The molecule has 0 aromatic carbocycles. The van der Waals surface area contributed by atoms with E-state index < -0.39 is 5.51 Å². The van der Waals surface area contributed by atoms with Crippen LogP contribution in [0.3, 0.4) is 0 Å². The van der Waals surface area contributed by atoms with Gasteiger partial charge in [-0.15, -0.1) is 12.4 Å². The molecule has 0 spiro atoms. The Morgan fingerprint density at radius 2 is 2.05 bits per heavy atom. The molecule has 1 fully saturated rings. The minimum Gasteiger partial charge on any atom is -0.338 e. The minimum atomic E-state index is -4.46. The summed E-state index contributed by atoms with van der Waals surface area (Å²) in [5.41, 5.74) is -4.44. The van der Waals surface area contributed by atoms with E-state index >= 15 is 0 Å². The molecule has 0 aliphatic carbocycles. The molecule has 0 unspecified atom stereocenters. The predicted octanol–water partition coefficient (Wildman–Crippen LogP) is 2.94. The van der Waals surface area contributed by atoms with Crippen molar-refractivity contribution in [1.29, 1.82) is 0 Å². The van der Waals surface area contributed by atoms with E-state index in [9.17, 15) is 18.0 Å². The molecule has 0 bridgehead atoms. The summed E-state index contributed by atoms with van der Waals surface area (Å²) in [5, 5.41) is 2.86. The van der Waals surface area contributed by atoms with Gasteiger partial charge in [0, 0.05) is 37.1 Å². The second-order valence-electron chi connectivity index (χ2n) is 4.76. The van der Waals surface area contributed by atoms with Gasteiger partial charge in [-0.2, -0.15) is 13.2 Å². The smallest absolute Gasteiger partial charge is 0.338 e. The number of hydrogen-bond acceptors (Lipinski definition) is 4. The quantitative estimate of drug-likeness (QED) is 0.847. The average Bonchev–Trinajstić information content (AvgIpc) is 2.45. The molecule has 124 valence electrons. The summed E-state index contributed by atoms with van der Waals surface area (Å²) in [6.45, 7) is 1.07. The summed E-state index contributed by atoms with van der Waals surface area (Å²) in [7, 11) is 1.86. The summed E-state index contributed by atoms with van der Waals surface area (Å²) >= 11 is -0.346. The first-order valence-corrected chi connectivity index (χ1v) is 7.39. The molecule has 0 saturated carbocycles. The Balaban J connectivity index is 0.00000242. The number of amides is 1. The molecule has 0 atom stereocenters. The Morgan fingerprint density at radius 1 is 1.41 bits per heavy atom. The number of piperidine rings is 1. The lowest BCUT2D eigenvalue weighted by atomic mass is 10.0. The standard InChI is InChI=1S/C13H16F3N3OS.ClH/c1-17-9-4-7-19(8-5-9)12(20)10-3-2-6-18-11(10)21-13(14,15)16;/h2-3,6,9,17H,4-5,7-8H2,1H3;1H. The third-order valence-electron chi connectivity index (χ3n) is 3.40. The van der Waals surface area contributed by atoms with Crippen molar-refractivity contribution in [2.24, 2.45) is 0 Å². The molecule has 22 heavy (non-hydrogen) atoms. The summed E-state index contributed by atoms with van der Waals surface area (Å²) < 4.78 is 37.5. The fourth-order valence-electron chi connectivity index (χ4n) is 2.29. The predicted molar refractivity (Wildman–Crippen MR) is 81.4 cm³/mol. The molecule has 9 heteroatoms. The van der Waals surface area contributed by atoms with Gasteiger partial charge in [0.25, 0.3) is 5.91 Å². The van der Waals surface area contributed by atoms with Gasteiger partial charge in [0.15, 0.2) is 0 Å². The zero-order valence-corrected chi connectivity index (χ0v) is 13.5. The Labute approximate surface area is 137 Å². The number of nitrogens with one attached hydrogen (secondary N) is 1. The van der Waals surface area contributed by atoms with Crippen molar-refractivity contribution >= 4 is 30.1 Å². The third-order valence-corrected chi connectivity index (χ3v) is 4.15. The maximum Gasteiger partial charge on any atom is 0.447 e. The zero-order chi connectivity index (χ0) is 15.5. The SMILES string of the molecule is CNC1CCN(C(=O)c2cccnc2SC(F)(F)F)CC1.Cl. The van der Waals surface area contributed by atoms with Crippen LogP contribution < -0.4 is 5.32 Å². The van der Waals surface area contributed by atoms with Gasteiger partial charge in [-0.1, -0.05) is 0 Å². The number of aromatic nitrogens is 1. The van der Waals surface area contributed by atoms with E-state index in [2.05, 4.69) is 10.3 Å². The van der Waals surface area contributed by atoms with Crippen LogP contribution in [0.5, 0.6) is 0 Å². The topological polar surface area (TPSA) is 45.2 Å². The summed E-state index contributed by atoms with van der Waals surface area (Å²) in [4.78, 5) is 17.7. The zero-order valence-electron chi connectivity index (χ0n) is 11.9. The van der Waals surface area contributed by atoms with Crippen LogP contribution in [0.4, 0.5) is 13.2 Å². The monoisotopic (exact) mass is 355 g/mol. The average molecular weight is 356 g/mol. The number of alkyl halides is 3. The minimum absolute atomic E-state index is 0. The van der Waals surface area contributed by atoms with Crippen LogP contribution in [0, 0.1) is 0 Å². The van der Waals surface area contributed by atoms with Gasteiger partial charge in [0.05, 0.1) is 5.56 Å². The van der Waals surface area contributed by atoms with E-state index in [1.165, 1.54) is 18.3 Å². The molecule has 4 nitrogen and oxygen atoms in total. The van der Waals surface area contributed by atoms with Crippen LogP contribution in [0.15, 0.2) is 23.4 Å². The number of rotatable bonds is 3. The van der Waals surface area contributed by atoms with Gasteiger partial charge >= 0.3 is 5.51 Å². The Hall–Kier alpha value is -0.990. The number of pyridine rings is 1. The molecule has 1 aromatic rings. The van der Waals surface area contributed by atoms with Gasteiger partial charge in [0.1, 0.15) is 5.03 Å². The second-order valence-corrected chi connectivity index (χ2v) is 5.81. The van der Waals surface area contributed by atoms with E-state index in [0.29, 0.717) is 19.1 Å². The molecule has 1 saturated heterocycles. The highest BCUT2D eigenvalue weighted by atomic mass is 35.5. The molecule has 1 aliphatic heterocycles. The third kappa shape index (κ3) is 5.03. The van der Waals surface area contributed by atoms with Crippen LogP contribution >= 0.6 is 24.2 Å². The number of likely N-dealkylation sites (tertiary alicyclic amines) is 1. The highest BCUT2D eigenvalue weighted by molar-refractivity contribution is 8.00. The van der Waals surface area contributed by atoms with Crippen molar-refractivity contribution in [3.05, 3.63) is 23.9 Å². The molecule has 1 aliphatic rings. The molecule has 2 heterocycles. The fourth-order valence-corrected chi connectivity index (χ4v) is 2.88. The van der Waals surface area contributed by atoms with Crippen molar-refractivity contribution in [3.8, 4) is 0 Å². The first-order chi connectivity index (χ1) is 9.90. The largest absolute Gasteiger partial charge is 0.447 e. The van der Waals surface area contributed by atoms with Gasteiger partial charge in [-0.25, -0.2) is 4.98 Å². The first-order valence-electron chi connectivity index (χ1n) is 6.58. The maximum absolute atomic E-state index is 12.5. The van der Waals surface area contributed by atoms with Crippen LogP contribution in [0.1, 0.15) is 23.2 Å². The van der Waals surface area contributed by atoms with Crippen molar-refractivity contribution in [2.45, 2.75) is 29.4 Å². The van der Waals surface area contributed by atoms with Crippen LogP contribution in [0.2, 0.25) is 0 Å². The van der Waals surface area contributed by atoms with E-state index in [4.69, 9.17) is 0 Å². The first kappa shape index (κ1) is 19.1. The van der Waals surface area contributed by atoms with Gasteiger partial charge in [0.2, 0.25) is 0 Å². The summed E-state index contributed by atoms with van der Waals surface area (Å²) in [6, 6.07) is 3.23. The number of halogens is 4. The van der Waals surface area contributed by atoms with Gasteiger partial charge < -0.3 is 10.2 Å².